The third-order valence-electron chi connectivity index (χ3n) is 3.11. The Balaban J connectivity index is 2.26. The summed E-state index contributed by atoms with van der Waals surface area (Å²) in [5, 5.41) is 13.0. The maximum Gasteiger partial charge on any atom is 0.354 e. The van der Waals surface area contributed by atoms with E-state index in [-0.39, 0.29) is 17.8 Å². The second-order valence-electron chi connectivity index (χ2n) is 4.54. The summed E-state index contributed by atoms with van der Waals surface area (Å²) in [7, 11) is 1.87. The molecule has 0 aliphatic heterocycles. The summed E-state index contributed by atoms with van der Waals surface area (Å²) in [4.78, 5) is 28.8. The highest BCUT2D eigenvalue weighted by atomic mass is 16.4. The second-order valence-corrected chi connectivity index (χ2v) is 4.54. The number of anilines is 1. The van der Waals surface area contributed by atoms with Crippen LogP contribution in [0.15, 0.2) is 35.3 Å². The Labute approximate surface area is 121 Å². The Kier molecular flexibility index (Phi) is 4.32. The molecule has 110 valence electrons. The van der Waals surface area contributed by atoms with Crippen LogP contribution in [0.5, 0.6) is 0 Å². The molecule has 0 aromatic carbocycles. The van der Waals surface area contributed by atoms with Gasteiger partial charge in [0.15, 0.2) is 0 Å². The summed E-state index contributed by atoms with van der Waals surface area (Å²) in [6, 6.07) is 6.15. The molecule has 2 aromatic rings. The zero-order valence-corrected chi connectivity index (χ0v) is 11.9. The molecular weight excluding hydrogens is 272 g/mol. The van der Waals surface area contributed by atoms with Crippen LogP contribution in [-0.4, -0.2) is 39.4 Å². The monoisotopic (exact) mass is 288 g/mol. The van der Waals surface area contributed by atoms with Crippen LogP contribution in [0.3, 0.4) is 0 Å². The normalized spacial score (nSPS) is 10.4. The van der Waals surface area contributed by atoms with Gasteiger partial charge in [0.25, 0.3) is 5.56 Å². The van der Waals surface area contributed by atoms with Crippen LogP contribution in [0, 0.1) is 0 Å². The molecule has 7 nitrogen and oxygen atoms in total. The van der Waals surface area contributed by atoms with E-state index in [9.17, 15) is 9.59 Å². The minimum atomic E-state index is -1.10. The molecular formula is C14H16N4O3. The van der Waals surface area contributed by atoms with Crippen LogP contribution in [-0.2, 0) is 6.54 Å². The zero-order chi connectivity index (χ0) is 15.4. The lowest BCUT2D eigenvalue weighted by Crippen LogP contribution is -2.26. The van der Waals surface area contributed by atoms with Crippen molar-refractivity contribution in [2.24, 2.45) is 0 Å². The molecule has 0 aliphatic rings. The Morgan fingerprint density at radius 1 is 1.43 bits per heavy atom. The third kappa shape index (κ3) is 3.44. The molecule has 0 saturated heterocycles. The predicted molar refractivity (Wildman–Crippen MR) is 77.7 cm³/mol. The van der Waals surface area contributed by atoms with Crippen LogP contribution >= 0.6 is 0 Å². The zero-order valence-electron chi connectivity index (χ0n) is 11.9. The fourth-order valence-electron chi connectivity index (χ4n) is 1.77. The van der Waals surface area contributed by atoms with Gasteiger partial charge in [-0.3, -0.25) is 4.79 Å². The molecule has 0 atom stereocenters. The first kappa shape index (κ1) is 14.7. The van der Waals surface area contributed by atoms with E-state index in [4.69, 9.17) is 5.11 Å². The van der Waals surface area contributed by atoms with Gasteiger partial charge in [0, 0.05) is 19.7 Å². The number of carboxylic acid groups (broad SMARTS) is 1. The number of rotatable bonds is 5. The second kappa shape index (κ2) is 6.17. The molecule has 0 unspecified atom stereocenters. The maximum atomic E-state index is 12.0. The van der Waals surface area contributed by atoms with Crippen LogP contribution in [0.1, 0.15) is 23.1 Å². The van der Waals surface area contributed by atoms with Crippen LogP contribution in [0.2, 0.25) is 0 Å². The number of aromatic nitrogens is 3. The lowest BCUT2D eigenvalue weighted by molar-refractivity contribution is 0.0690. The first-order valence-corrected chi connectivity index (χ1v) is 6.48. The minimum absolute atomic E-state index is 0.0529. The number of hydrogen-bond donors (Lipinski definition) is 1. The van der Waals surface area contributed by atoms with Gasteiger partial charge < -0.3 is 10.0 Å². The highest BCUT2D eigenvalue weighted by Gasteiger charge is 2.08. The number of hydrogen-bond acceptors (Lipinski definition) is 5. The van der Waals surface area contributed by atoms with E-state index in [1.807, 2.05) is 18.9 Å². The molecule has 0 aliphatic carbocycles. The van der Waals surface area contributed by atoms with Crippen molar-refractivity contribution in [1.29, 1.82) is 0 Å². The number of aromatic carboxylic acids is 1. The highest BCUT2D eigenvalue weighted by Crippen LogP contribution is 2.06. The van der Waals surface area contributed by atoms with Crippen molar-refractivity contribution >= 4 is 11.7 Å². The fraction of sp³-hybridized carbons (Fsp3) is 0.286. The summed E-state index contributed by atoms with van der Waals surface area (Å²) in [5.41, 5.74) is 0.908. The van der Waals surface area contributed by atoms with Gasteiger partial charge in [-0.15, -0.1) is 0 Å². The van der Waals surface area contributed by atoms with Gasteiger partial charge in [0.05, 0.1) is 24.1 Å². The molecule has 0 saturated carbocycles. The maximum absolute atomic E-state index is 12.0. The fourth-order valence-corrected chi connectivity index (χ4v) is 1.77. The highest BCUT2D eigenvalue weighted by molar-refractivity contribution is 5.85. The van der Waals surface area contributed by atoms with Crippen LogP contribution in [0.25, 0.3) is 0 Å². The standard InChI is InChI=1S/C14H16N4O3/c1-3-17(2)11-7-13(19)18(15-8-11)9-10-5-4-6-12(16-10)14(20)21/h4-8H,3,9H2,1-2H3,(H,20,21). The predicted octanol–water partition coefficient (Wildman–Crippen LogP) is 0.841. The molecule has 2 heterocycles. The first-order chi connectivity index (χ1) is 10.0. The molecule has 2 aromatic heterocycles. The minimum Gasteiger partial charge on any atom is -0.477 e. The third-order valence-corrected chi connectivity index (χ3v) is 3.11. The van der Waals surface area contributed by atoms with E-state index in [1.165, 1.54) is 16.8 Å². The van der Waals surface area contributed by atoms with Crippen molar-refractivity contribution in [3.63, 3.8) is 0 Å². The van der Waals surface area contributed by atoms with Gasteiger partial charge >= 0.3 is 5.97 Å². The van der Waals surface area contributed by atoms with Gasteiger partial charge in [-0.05, 0) is 19.1 Å². The molecule has 21 heavy (non-hydrogen) atoms. The first-order valence-electron chi connectivity index (χ1n) is 6.48. The SMILES string of the molecule is CCN(C)c1cnn(Cc2cccc(C(=O)O)n2)c(=O)c1. The summed E-state index contributed by atoms with van der Waals surface area (Å²) >= 11 is 0. The molecule has 0 radical (unpaired) electrons. The average molecular weight is 288 g/mol. The van der Waals surface area contributed by atoms with Crippen molar-refractivity contribution in [3.05, 3.63) is 52.2 Å². The Morgan fingerprint density at radius 2 is 2.19 bits per heavy atom. The molecule has 0 fully saturated rings. The lowest BCUT2D eigenvalue weighted by atomic mass is 10.3. The van der Waals surface area contributed by atoms with E-state index >= 15 is 0 Å². The summed E-state index contributed by atoms with van der Waals surface area (Å²) in [6.45, 7) is 2.89. The van der Waals surface area contributed by atoms with Gasteiger partial charge in [-0.2, -0.15) is 5.10 Å². The summed E-state index contributed by atoms with van der Waals surface area (Å²) in [6.07, 6.45) is 1.60. The van der Waals surface area contributed by atoms with Crippen molar-refractivity contribution in [2.75, 3.05) is 18.5 Å². The Bertz CT molecular complexity index is 711. The smallest absolute Gasteiger partial charge is 0.354 e. The summed E-state index contributed by atoms with van der Waals surface area (Å²) < 4.78 is 1.25. The van der Waals surface area contributed by atoms with Crippen molar-refractivity contribution < 1.29 is 9.90 Å². The van der Waals surface area contributed by atoms with Crippen molar-refractivity contribution in [1.82, 2.24) is 14.8 Å². The van der Waals surface area contributed by atoms with E-state index in [0.717, 1.165) is 12.2 Å². The Morgan fingerprint density at radius 3 is 2.81 bits per heavy atom. The van der Waals surface area contributed by atoms with Crippen LogP contribution < -0.4 is 10.5 Å². The average Bonchev–Trinajstić information content (AvgIpc) is 2.48. The number of carbonyl (C=O) groups is 1. The number of pyridine rings is 1. The topological polar surface area (TPSA) is 88.3 Å². The Hall–Kier alpha value is -2.70. The molecule has 7 heteroatoms. The summed E-state index contributed by atoms with van der Waals surface area (Å²) in [5.74, 6) is -1.10. The lowest BCUT2D eigenvalue weighted by Gasteiger charge is -2.16. The number of nitrogens with zero attached hydrogens (tertiary/aromatic N) is 4. The molecule has 2 rings (SSSR count). The molecule has 0 amide bonds. The quantitative estimate of drug-likeness (QED) is 0.877. The van der Waals surface area contributed by atoms with Gasteiger partial charge in [0.2, 0.25) is 0 Å². The molecule has 0 bridgehead atoms. The van der Waals surface area contributed by atoms with Crippen molar-refractivity contribution in [2.45, 2.75) is 13.5 Å². The number of carboxylic acids is 1. The van der Waals surface area contributed by atoms with Gasteiger partial charge in [0.1, 0.15) is 5.69 Å². The van der Waals surface area contributed by atoms with Crippen molar-refractivity contribution in [3.8, 4) is 0 Å². The van der Waals surface area contributed by atoms with Gasteiger partial charge in [-0.25, -0.2) is 14.5 Å². The van der Waals surface area contributed by atoms with Gasteiger partial charge in [-0.1, -0.05) is 6.07 Å². The van der Waals surface area contributed by atoms with E-state index in [0.29, 0.717) is 5.69 Å². The molecule has 0 spiro atoms. The molecule has 1 N–H and O–H groups in total. The van der Waals surface area contributed by atoms with E-state index < -0.39 is 5.97 Å². The van der Waals surface area contributed by atoms with E-state index in [1.54, 1.807) is 18.3 Å². The largest absolute Gasteiger partial charge is 0.477 e. The van der Waals surface area contributed by atoms with Crippen LogP contribution in [0.4, 0.5) is 5.69 Å². The van der Waals surface area contributed by atoms with E-state index in [2.05, 4.69) is 10.1 Å².